The zero-order valence-corrected chi connectivity index (χ0v) is 16.2. The van der Waals surface area contributed by atoms with E-state index >= 15 is 0 Å². The summed E-state index contributed by atoms with van der Waals surface area (Å²) in [6.45, 7) is 5.45. The third-order valence-corrected chi connectivity index (χ3v) is 5.08. The standard InChI is InChI=1S/C23H28N2O2/c1-17(2)24-22(26)20-8-10-21(11-9-20)23(27)25-14-12-19(13-15-25)16-18-6-4-3-5-7-18/h3-11,17,19H,12-16H2,1-2H3,(H,24,26). The molecular formula is C23H28N2O2. The van der Waals surface area contributed by atoms with Crippen molar-refractivity contribution in [1.29, 1.82) is 0 Å². The van der Waals surface area contributed by atoms with Gasteiger partial charge in [0.2, 0.25) is 0 Å². The van der Waals surface area contributed by atoms with Crippen LogP contribution in [0.2, 0.25) is 0 Å². The minimum atomic E-state index is -0.106. The van der Waals surface area contributed by atoms with Crippen LogP contribution in [0.5, 0.6) is 0 Å². The van der Waals surface area contributed by atoms with Gasteiger partial charge in [0.05, 0.1) is 0 Å². The molecule has 1 fully saturated rings. The molecule has 0 aliphatic carbocycles. The number of hydrogen-bond donors (Lipinski definition) is 1. The van der Waals surface area contributed by atoms with Gasteiger partial charge in [-0.15, -0.1) is 0 Å². The molecule has 0 spiro atoms. The normalized spacial score (nSPS) is 15.0. The number of hydrogen-bond acceptors (Lipinski definition) is 2. The lowest BCUT2D eigenvalue weighted by molar-refractivity contribution is 0.0690. The highest BCUT2D eigenvalue weighted by atomic mass is 16.2. The second-order valence-corrected chi connectivity index (χ2v) is 7.63. The lowest BCUT2D eigenvalue weighted by Gasteiger charge is -2.32. The number of carbonyl (C=O) groups is 2. The minimum Gasteiger partial charge on any atom is -0.350 e. The summed E-state index contributed by atoms with van der Waals surface area (Å²) in [6, 6.07) is 17.6. The Morgan fingerprint density at radius 1 is 0.963 bits per heavy atom. The average Bonchev–Trinajstić information content (AvgIpc) is 2.68. The van der Waals surface area contributed by atoms with Crippen LogP contribution in [0.3, 0.4) is 0 Å². The molecule has 0 saturated carbocycles. The summed E-state index contributed by atoms with van der Waals surface area (Å²) in [6.07, 6.45) is 3.16. The van der Waals surface area contributed by atoms with Crippen LogP contribution in [0, 0.1) is 5.92 Å². The summed E-state index contributed by atoms with van der Waals surface area (Å²) >= 11 is 0. The summed E-state index contributed by atoms with van der Waals surface area (Å²) in [5.74, 6) is 0.591. The molecule has 0 atom stereocenters. The fraction of sp³-hybridized carbons (Fsp3) is 0.391. The van der Waals surface area contributed by atoms with E-state index in [-0.39, 0.29) is 17.9 Å². The molecule has 2 aromatic rings. The Bertz CT molecular complexity index is 761. The monoisotopic (exact) mass is 364 g/mol. The fourth-order valence-corrected chi connectivity index (χ4v) is 3.58. The molecule has 1 aliphatic heterocycles. The van der Waals surface area contributed by atoms with Crippen LogP contribution in [-0.2, 0) is 6.42 Å². The van der Waals surface area contributed by atoms with Crippen molar-refractivity contribution in [2.45, 2.75) is 39.2 Å². The van der Waals surface area contributed by atoms with Crippen molar-refractivity contribution in [2.75, 3.05) is 13.1 Å². The van der Waals surface area contributed by atoms with Gasteiger partial charge in [-0.05, 0) is 68.9 Å². The number of amides is 2. The maximum absolute atomic E-state index is 12.7. The van der Waals surface area contributed by atoms with Gasteiger partial charge in [-0.1, -0.05) is 30.3 Å². The first-order valence-corrected chi connectivity index (χ1v) is 9.77. The highest BCUT2D eigenvalue weighted by Gasteiger charge is 2.24. The molecular weight excluding hydrogens is 336 g/mol. The first kappa shape index (κ1) is 19.2. The average molecular weight is 364 g/mol. The Hall–Kier alpha value is -2.62. The highest BCUT2D eigenvalue weighted by Crippen LogP contribution is 2.23. The van der Waals surface area contributed by atoms with Gasteiger partial charge in [-0.25, -0.2) is 0 Å². The molecule has 1 N–H and O–H groups in total. The van der Waals surface area contributed by atoms with Gasteiger partial charge in [-0.3, -0.25) is 9.59 Å². The zero-order valence-electron chi connectivity index (χ0n) is 16.2. The number of nitrogens with one attached hydrogen (secondary N) is 1. The summed E-state index contributed by atoms with van der Waals surface area (Å²) < 4.78 is 0. The highest BCUT2D eigenvalue weighted by molar-refractivity contribution is 5.97. The fourth-order valence-electron chi connectivity index (χ4n) is 3.58. The SMILES string of the molecule is CC(C)NC(=O)c1ccc(C(=O)N2CCC(Cc3ccccc3)CC2)cc1. The van der Waals surface area contributed by atoms with Gasteiger partial charge in [-0.2, -0.15) is 0 Å². The van der Waals surface area contributed by atoms with Gasteiger partial charge in [0.15, 0.2) is 0 Å². The first-order valence-electron chi connectivity index (χ1n) is 9.77. The van der Waals surface area contributed by atoms with Crippen LogP contribution in [0.4, 0.5) is 0 Å². The lowest BCUT2D eigenvalue weighted by atomic mass is 9.90. The molecule has 1 heterocycles. The molecule has 2 amide bonds. The molecule has 0 unspecified atom stereocenters. The van der Waals surface area contributed by atoms with E-state index in [0.717, 1.165) is 32.4 Å². The van der Waals surface area contributed by atoms with Crippen LogP contribution in [0.1, 0.15) is 53.0 Å². The quantitative estimate of drug-likeness (QED) is 0.874. The summed E-state index contributed by atoms with van der Waals surface area (Å²) in [4.78, 5) is 26.7. The van der Waals surface area contributed by atoms with Crippen LogP contribution in [0.15, 0.2) is 54.6 Å². The molecule has 27 heavy (non-hydrogen) atoms. The van der Waals surface area contributed by atoms with E-state index in [1.807, 2.05) is 24.8 Å². The largest absolute Gasteiger partial charge is 0.350 e. The van der Waals surface area contributed by atoms with Gasteiger partial charge in [0.1, 0.15) is 0 Å². The summed E-state index contributed by atoms with van der Waals surface area (Å²) in [5, 5.41) is 2.86. The molecule has 2 aromatic carbocycles. The predicted molar refractivity (Wildman–Crippen MR) is 108 cm³/mol. The summed E-state index contributed by atoms with van der Waals surface area (Å²) in [5.41, 5.74) is 2.61. The zero-order chi connectivity index (χ0) is 19.2. The number of rotatable bonds is 5. The van der Waals surface area contributed by atoms with E-state index in [1.165, 1.54) is 5.56 Å². The maximum Gasteiger partial charge on any atom is 0.253 e. The van der Waals surface area contributed by atoms with Crippen LogP contribution in [0.25, 0.3) is 0 Å². The number of carbonyl (C=O) groups excluding carboxylic acids is 2. The van der Waals surface area contributed by atoms with E-state index < -0.39 is 0 Å². The van der Waals surface area contributed by atoms with Crippen molar-refractivity contribution >= 4 is 11.8 Å². The van der Waals surface area contributed by atoms with Crippen LogP contribution < -0.4 is 5.32 Å². The van der Waals surface area contributed by atoms with Crippen molar-refractivity contribution in [3.05, 3.63) is 71.3 Å². The Morgan fingerprint density at radius 2 is 1.56 bits per heavy atom. The molecule has 1 saturated heterocycles. The molecule has 0 radical (unpaired) electrons. The number of nitrogens with zero attached hydrogens (tertiary/aromatic N) is 1. The maximum atomic E-state index is 12.7. The molecule has 0 bridgehead atoms. The lowest BCUT2D eigenvalue weighted by Crippen LogP contribution is -2.39. The van der Waals surface area contributed by atoms with E-state index in [0.29, 0.717) is 17.0 Å². The topological polar surface area (TPSA) is 49.4 Å². The molecule has 1 aliphatic rings. The first-order chi connectivity index (χ1) is 13.0. The third kappa shape index (κ3) is 5.19. The Morgan fingerprint density at radius 3 is 2.15 bits per heavy atom. The van der Waals surface area contributed by atoms with E-state index in [4.69, 9.17) is 0 Å². The number of piperidine rings is 1. The Kier molecular flexibility index (Phi) is 6.28. The molecule has 4 nitrogen and oxygen atoms in total. The van der Waals surface area contributed by atoms with Crippen molar-refractivity contribution in [3.63, 3.8) is 0 Å². The van der Waals surface area contributed by atoms with Crippen molar-refractivity contribution in [3.8, 4) is 0 Å². The Labute approximate surface area is 161 Å². The van der Waals surface area contributed by atoms with Crippen LogP contribution in [-0.4, -0.2) is 35.8 Å². The van der Waals surface area contributed by atoms with Crippen molar-refractivity contribution < 1.29 is 9.59 Å². The second-order valence-electron chi connectivity index (χ2n) is 7.63. The van der Waals surface area contributed by atoms with Gasteiger partial charge < -0.3 is 10.2 Å². The smallest absolute Gasteiger partial charge is 0.253 e. The van der Waals surface area contributed by atoms with Crippen molar-refractivity contribution in [2.24, 2.45) is 5.92 Å². The molecule has 3 rings (SSSR count). The van der Waals surface area contributed by atoms with E-state index in [1.54, 1.807) is 24.3 Å². The van der Waals surface area contributed by atoms with Gasteiger partial charge in [0, 0.05) is 30.3 Å². The molecule has 0 aromatic heterocycles. The number of benzene rings is 2. The van der Waals surface area contributed by atoms with Gasteiger partial charge >= 0.3 is 0 Å². The van der Waals surface area contributed by atoms with Gasteiger partial charge in [0.25, 0.3) is 11.8 Å². The minimum absolute atomic E-state index is 0.0592. The Balaban J connectivity index is 1.54. The van der Waals surface area contributed by atoms with E-state index in [2.05, 4.69) is 29.6 Å². The number of likely N-dealkylation sites (tertiary alicyclic amines) is 1. The molecule has 4 heteroatoms. The van der Waals surface area contributed by atoms with E-state index in [9.17, 15) is 9.59 Å². The second kappa shape index (κ2) is 8.85. The third-order valence-electron chi connectivity index (χ3n) is 5.08. The predicted octanol–water partition coefficient (Wildman–Crippen LogP) is 3.92. The van der Waals surface area contributed by atoms with Crippen molar-refractivity contribution in [1.82, 2.24) is 10.2 Å². The molecule has 142 valence electrons. The van der Waals surface area contributed by atoms with Crippen LogP contribution >= 0.6 is 0 Å². The summed E-state index contributed by atoms with van der Waals surface area (Å²) in [7, 11) is 0.